The van der Waals surface area contributed by atoms with Gasteiger partial charge in [0.05, 0.1) is 6.04 Å². The largest absolute Gasteiger partial charge is 0.320 e. The maximum Gasteiger partial charge on any atom is 0.0552 e. The molecule has 0 heterocycles. The van der Waals surface area contributed by atoms with E-state index in [2.05, 4.69) is 41.1 Å². The van der Waals surface area contributed by atoms with Gasteiger partial charge < -0.3 is 5.73 Å². The first-order valence-corrected chi connectivity index (χ1v) is 6.94. The van der Waals surface area contributed by atoms with Gasteiger partial charge in [0.2, 0.25) is 0 Å². The van der Waals surface area contributed by atoms with E-state index in [-0.39, 0.29) is 6.04 Å². The summed E-state index contributed by atoms with van der Waals surface area (Å²) in [5, 5.41) is 0.758. The third-order valence-electron chi connectivity index (χ3n) is 3.11. The third kappa shape index (κ3) is 2.77. The van der Waals surface area contributed by atoms with Crippen molar-refractivity contribution in [1.29, 1.82) is 0 Å². The van der Waals surface area contributed by atoms with Gasteiger partial charge in [0.1, 0.15) is 0 Å². The van der Waals surface area contributed by atoms with E-state index >= 15 is 0 Å². The molecule has 0 aliphatic heterocycles. The number of hydrogen-bond donors (Lipinski definition) is 1. The van der Waals surface area contributed by atoms with Crippen molar-refractivity contribution in [3.8, 4) is 0 Å². The van der Waals surface area contributed by atoms with Crippen LogP contribution >= 0.6 is 27.5 Å². The molecule has 0 spiro atoms. The fraction of sp³-hybridized carbons (Fsp3) is 0.200. The molecule has 1 nitrogen and oxygen atoms in total. The quantitative estimate of drug-likeness (QED) is 0.846. The lowest BCUT2D eigenvalue weighted by atomic mass is 9.98. The Kier molecular flexibility index (Phi) is 4.10. The number of rotatable bonds is 2. The Labute approximate surface area is 121 Å². The fourth-order valence-corrected chi connectivity index (χ4v) is 2.38. The molecule has 0 aliphatic carbocycles. The highest BCUT2D eigenvalue weighted by Gasteiger charge is 2.11. The van der Waals surface area contributed by atoms with E-state index < -0.39 is 0 Å². The Morgan fingerprint density at radius 2 is 1.56 bits per heavy atom. The molecule has 2 aromatic carbocycles. The van der Waals surface area contributed by atoms with Crippen LogP contribution in [0.3, 0.4) is 0 Å². The minimum atomic E-state index is -0.153. The van der Waals surface area contributed by atoms with Crippen molar-refractivity contribution < 1.29 is 0 Å². The van der Waals surface area contributed by atoms with Crippen LogP contribution in [-0.2, 0) is 0 Å². The summed E-state index contributed by atoms with van der Waals surface area (Å²) in [6, 6.07) is 12.0. The van der Waals surface area contributed by atoms with Crippen LogP contribution in [0.15, 0.2) is 40.9 Å². The van der Waals surface area contributed by atoms with Crippen molar-refractivity contribution in [3.63, 3.8) is 0 Å². The molecule has 0 saturated carbocycles. The molecular formula is C15H15BrClN. The van der Waals surface area contributed by atoms with Crippen molar-refractivity contribution in [2.24, 2.45) is 5.73 Å². The van der Waals surface area contributed by atoms with Gasteiger partial charge in [-0.15, -0.1) is 0 Å². The summed E-state index contributed by atoms with van der Waals surface area (Å²) in [5.74, 6) is 0. The van der Waals surface area contributed by atoms with Gasteiger partial charge in [-0.2, -0.15) is 0 Å². The van der Waals surface area contributed by atoms with Crippen LogP contribution in [0.4, 0.5) is 0 Å². The molecule has 94 valence electrons. The normalized spacial score (nSPS) is 12.5. The molecule has 18 heavy (non-hydrogen) atoms. The second-order valence-electron chi connectivity index (χ2n) is 4.49. The molecule has 1 atom stereocenters. The molecule has 0 bridgehead atoms. The number of aryl methyl sites for hydroxylation is 2. The van der Waals surface area contributed by atoms with E-state index in [1.54, 1.807) is 0 Å². The second-order valence-corrected chi connectivity index (χ2v) is 5.76. The second kappa shape index (κ2) is 5.43. The molecule has 2 rings (SSSR count). The number of benzene rings is 2. The van der Waals surface area contributed by atoms with Crippen LogP contribution in [0.25, 0.3) is 0 Å². The van der Waals surface area contributed by atoms with Crippen molar-refractivity contribution in [2.45, 2.75) is 19.9 Å². The van der Waals surface area contributed by atoms with Crippen LogP contribution in [-0.4, -0.2) is 0 Å². The fourth-order valence-electron chi connectivity index (χ4n) is 1.80. The molecule has 0 aliphatic rings. The molecule has 1 unspecified atom stereocenters. The molecule has 2 N–H and O–H groups in total. The molecule has 0 saturated heterocycles. The Morgan fingerprint density at radius 3 is 2.11 bits per heavy atom. The smallest absolute Gasteiger partial charge is 0.0552 e. The molecule has 0 fully saturated rings. The van der Waals surface area contributed by atoms with Crippen LogP contribution in [0.5, 0.6) is 0 Å². The Balaban J connectivity index is 2.37. The Bertz CT molecular complexity index is 529. The summed E-state index contributed by atoms with van der Waals surface area (Å²) in [6.45, 7) is 4.04. The van der Waals surface area contributed by atoms with Gasteiger partial charge in [-0.05, 0) is 48.2 Å². The molecule has 3 heteroatoms. The van der Waals surface area contributed by atoms with Crippen LogP contribution < -0.4 is 5.73 Å². The lowest BCUT2D eigenvalue weighted by molar-refractivity contribution is 0.869. The van der Waals surface area contributed by atoms with Gasteiger partial charge in [-0.25, -0.2) is 0 Å². The van der Waals surface area contributed by atoms with Gasteiger partial charge >= 0.3 is 0 Å². The predicted molar refractivity (Wildman–Crippen MR) is 81.1 cm³/mol. The minimum absolute atomic E-state index is 0.153. The lowest BCUT2D eigenvalue weighted by Gasteiger charge is -2.14. The van der Waals surface area contributed by atoms with E-state index in [1.807, 2.05) is 25.1 Å². The van der Waals surface area contributed by atoms with Crippen molar-refractivity contribution >= 4 is 27.5 Å². The summed E-state index contributed by atoms with van der Waals surface area (Å²) in [5.41, 5.74) is 10.6. The molecule has 0 radical (unpaired) electrons. The molecule has 0 aromatic heterocycles. The summed E-state index contributed by atoms with van der Waals surface area (Å²) in [4.78, 5) is 0. The lowest BCUT2D eigenvalue weighted by Crippen LogP contribution is -2.12. The first-order valence-electron chi connectivity index (χ1n) is 5.76. The average Bonchev–Trinajstić information content (AvgIpc) is 2.35. The van der Waals surface area contributed by atoms with E-state index in [1.165, 1.54) is 5.56 Å². The van der Waals surface area contributed by atoms with E-state index in [9.17, 15) is 0 Å². The topological polar surface area (TPSA) is 26.0 Å². The number of halogens is 2. The zero-order valence-electron chi connectivity index (χ0n) is 10.4. The summed E-state index contributed by atoms with van der Waals surface area (Å²) >= 11 is 9.67. The van der Waals surface area contributed by atoms with Crippen LogP contribution in [0, 0.1) is 13.8 Å². The Hall–Kier alpha value is -0.830. The molecule has 0 amide bonds. The van der Waals surface area contributed by atoms with Crippen LogP contribution in [0.2, 0.25) is 5.02 Å². The molecular weight excluding hydrogens is 310 g/mol. The first-order chi connectivity index (χ1) is 8.49. The zero-order chi connectivity index (χ0) is 13.3. The average molecular weight is 325 g/mol. The van der Waals surface area contributed by atoms with E-state index in [0.29, 0.717) is 0 Å². The minimum Gasteiger partial charge on any atom is -0.320 e. The van der Waals surface area contributed by atoms with Crippen molar-refractivity contribution in [3.05, 3.63) is 68.1 Å². The zero-order valence-corrected chi connectivity index (χ0v) is 12.7. The standard InChI is InChI=1S/C15H15BrClN/c1-9-3-5-11(7-13(9)16)15(18)12-6-4-10(2)14(17)8-12/h3-8,15H,18H2,1-2H3. The van der Waals surface area contributed by atoms with Crippen molar-refractivity contribution in [2.75, 3.05) is 0 Å². The predicted octanol–water partition coefficient (Wildman–Crippen LogP) is 4.77. The van der Waals surface area contributed by atoms with Crippen LogP contribution in [0.1, 0.15) is 28.3 Å². The van der Waals surface area contributed by atoms with Gasteiger partial charge in [-0.3, -0.25) is 0 Å². The highest BCUT2D eigenvalue weighted by atomic mass is 79.9. The highest BCUT2D eigenvalue weighted by molar-refractivity contribution is 9.10. The van der Waals surface area contributed by atoms with E-state index in [0.717, 1.165) is 26.2 Å². The molecule has 2 aromatic rings. The number of hydrogen-bond acceptors (Lipinski definition) is 1. The maximum absolute atomic E-state index is 6.27. The summed E-state index contributed by atoms with van der Waals surface area (Å²) < 4.78 is 1.08. The van der Waals surface area contributed by atoms with Gasteiger partial charge in [-0.1, -0.05) is 51.8 Å². The van der Waals surface area contributed by atoms with E-state index in [4.69, 9.17) is 17.3 Å². The summed E-state index contributed by atoms with van der Waals surface area (Å²) in [6.07, 6.45) is 0. The van der Waals surface area contributed by atoms with Gasteiger partial charge in [0.15, 0.2) is 0 Å². The number of nitrogens with two attached hydrogens (primary N) is 1. The Morgan fingerprint density at radius 1 is 1.00 bits per heavy atom. The van der Waals surface area contributed by atoms with Gasteiger partial charge in [0, 0.05) is 9.50 Å². The third-order valence-corrected chi connectivity index (χ3v) is 4.37. The van der Waals surface area contributed by atoms with Gasteiger partial charge in [0.25, 0.3) is 0 Å². The highest BCUT2D eigenvalue weighted by Crippen LogP contribution is 2.27. The maximum atomic E-state index is 6.27. The van der Waals surface area contributed by atoms with Crippen molar-refractivity contribution in [1.82, 2.24) is 0 Å². The first kappa shape index (κ1) is 13.6. The monoisotopic (exact) mass is 323 g/mol. The SMILES string of the molecule is Cc1ccc(C(N)c2ccc(C)c(Br)c2)cc1Cl. The summed E-state index contributed by atoms with van der Waals surface area (Å²) in [7, 11) is 0.